The fraction of sp³-hybridized carbons (Fsp3) is 0.417. The van der Waals surface area contributed by atoms with Crippen LogP contribution in [0, 0.1) is 0 Å². The number of ether oxygens (including phenoxy) is 2. The second kappa shape index (κ2) is 9.73. The molecule has 0 aliphatic carbocycles. The molecule has 1 aliphatic rings. The minimum absolute atomic E-state index is 0.0748. The summed E-state index contributed by atoms with van der Waals surface area (Å²) < 4.78 is 11.7. The molecule has 166 valence electrons. The molecule has 31 heavy (non-hydrogen) atoms. The number of aryl methyl sites for hydroxylation is 1. The van der Waals surface area contributed by atoms with E-state index in [0.717, 1.165) is 21.3 Å². The number of halogens is 1. The van der Waals surface area contributed by atoms with E-state index in [1.54, 1.807) is 11.8 Å². The Bertz CT molecular complexity index is 955. The van der Waals surface area contributed by atoms with Crippen molar-refractivity contribution >= 4 is 27.7 Å². The van der Waals surface area contributed by atoms with E-state index in [4.69, 9.17) is 9.47 Å². The van der Waals surface area contributed by atoms with E-state index in [9.17, 15) is 9.59 Å². The molecule has 2 amide bonds. The number of fused-ring (bicyclic) bond motifs is 1. The molecule has 0 unspecified atom stereocenters. The number of carbonyl (C=O) groups excluding carboxylic acids is 2. The van der Waals surface area contributed by atoms with Crippen LogP contribution in [-0.4, -0.2) is 35.1 Å². The summed E-state index contributed by atoms with van der Waals surface area (Å²) in [7, 11) is 0. The molecule has 3 rings (SSSR count). The molecule has 0 spiro atoms. The first kappa shape index (κ1) is 23.1. The van der Waals surface area contributed by atoms with Gasteiger partial charge in [0.15, 0.2) is 11.5 Å². The number of hydrogen-bond acceptors (Lipinski definition) is 4. The first-order valence-corrected chi connectivity index (χ1v) is 11.2. The standard InChI is InChI=1S/C24H29BrN2O4/c1-16(23(29)26-24(2,3)4)27(14-18-6-5-7-19(25)12-18)22(28)11-9-17-8-10-20-21(13-17)31-15-30-20/h5-8,10,12-13,16H,9,11,14-15H2,1-4H3,(H,26,29)/t16-/m1/s1. The lowest BCUT2D eigenvalue weighted by Gasteiger charge is -2.31. The topological polar surface area (TPSA) is 67.9 Å². The van der Waals surface area contributed by atoms with E-state index in [0.29, 0.717) is 25.1 Å². The Hall–Kier alpha value is -2.54. The molecule has 0 aromatic heterocycles. The molecule has 0 saturated heterocycles. The summed E-state index contributed by atoms with van der Waals surface area (Å²) >= 11 is 3.48. The van der Waals surface area contributed by atoms with Crippen LogP contribution in [-0.2, 0) is 22.6 Å². The Balaban J connectivity index is 1.73. The van der Waals surface area contributed by atoms with Crippen LogP contribution >= 0.6 is 15.9 Å². The molecule has 1 heterocycles. The van der Waals surface area contributed by atoms with Gasteiger partial charge in [-0.15, -0.1) is 0 Å². The quantitative estimate of drug-likeness (QED) is 0.625. The maximum Gasteiger partial charge on any atom is 0.242 e. The average molecular weight is 489 g/mol. The van der Waals surface area contributed by atoms with Crippen molar-refractivity contribution in [3.05, 3.63) is 58.1 Å². The van der Waals surface area contributed by atoms with Crippen molar-refractivity contribution in [2.45, 2.75) is 58.7 Å². The molecule has 2 aromatic rings. The largest absolute Gasteiger partial charge is 0.454 e. The minimum atomic E-state index is -0.595. The van der Waals surface area contributed by atoms with Gasteiger partial charge in [-0.25, -0.2) is 0 Å². The highest BCUT2D eigenvalue weighted by Crippen LogP contribution is 2.32. The van der Waals surface area contributed by atoms with Crippen molar-refractivity contribution in [2.75, 3.05) is 6.79 Å². The van der Waals surface area contributed by atoms with Crippen molar-refractivity contribution in [1.82, 2.24) is 10.2 Å². The number of benzene rings is 2. The Morgan fingerprint density at radius 3 is 2.55 bits per heavy atom. The summed E-state index contributed by atoms with van der Waals surface area (Å²) in [5.74, 6) is 1.18. The van der Waals surface area contributed by atoms with Crippen LogP contribution in [0.1, 0.15) is 45.2 Å². The zero-order valence-corrected chi connectivity index (χ0v) is 20.0. The van der Waals surface area contributed by atoms with Gasteiger partial charge < -0.3 is 19.7 Å². The van der Waals surface area contributed by atoms with E-state index < -0.39 is 6.04 Å². The van der Waals surface area contributed by atoms with Gasteiger partial charge in [-0.05, 0) is 69.5 Å². The van der Waals surface area contributed by atoms with Crippen LogP contribution in [0.5, 0.6) is 11.5 Å². The van der Waals surface area contributed by atoms with Crippen molar-refractivity contribution in [1.29, 1.82) is 0 Å². The van der Waals surface area contributed by atoms with Crippen molar-refractivity contribution in [3.8, 4) is 11.5 Å². The van der Waals surface area contributed by atoms with E-state index in [-0.39, 0.29) is 24.1 Å². The van der Waals surface area contributed by atoms with Gasteiger partial charge in [-0.3, -0.25) is 9.59 Å². The Labute approximate surface area is 192 Å². The first-order chi connectivity index (χ1) is 14.6. The van der Waals surface area contributed by atoms with Gasteiger partial charge in [0.2, 0.25) is 18.6 Å². The van der Waals surface area contributed by atoms with Crippen LogP contribution in [0.3, 0.4) is 0 Å². The zero-order chi connectivity index (χ0) is 22.6. The van der Waals surface area contributed by atoms with Crippen LogP contribution in [0.15, 0.2) is 46.9 Å². The molecule has 0 fully saturated rings. The molecule has 1 N–H and O–H groups in total. The highest BCUT2D eigenvalue weighted by Gasteiger charge is 2.28. The van der Waals surface area contributed by atoms with Crippen LogP contribution in [0.2, 0.25) is 0 Å². The molecule has 0 radical (unpaired) electrons. The molecule has 1 aliphatic heterocycles. The predicted molar refractivity (Wildman–Crippen MR) is 123 cm³/mol. The summed E-state index contributed by atoms with van der Waals surface area (Å²) in [6.45, 7) is 8.14. The van der Waals surface area contributed by atoms with Gasteiger partial charge >= 0.3 is 0 Å². The summed E-state index contributed by atoms with van der Waals surface area (Å²) in [5, 5.41) is 2.98. The van der Waals surface area contributed by atoms with Gasteiger partial charge in [-0.1, -0.05) is 34.1 Å². The summed E-state index contributed by atoms with van der Waals surface area (Å²) in [6.07, 6.45) is 0.846. The molecular weight excluding hydrogens is 460 g/mol. The number of rotatable bonds is 7. The van der Waals surface area contributed by atoms with E-state index >= 15 is 0 Å². The number of amides is 2. The van der Waals surface area contributed by atoms with Crippen LogP contribution < -0.4 is 14.8 Å². The Kier molecular flexibility index (Phi) is 7.26. The second-order valence-corrected chi connectivity index (χ2v) is 9.67. The third-order valence-electron chi connectivity index (χ3n) is 4.97. The molecule has 2 aromatic carbocycles. The van der Waals surface area contributed by atoms with Crippen molar-refractivity contribution < 1.29 is 19.1 Å². The number of hydrogen-bond donors (Lipinski definition) is 1. The van der Waals surface area contributed by atoms with Crippen molar-refractivity contribution in [2.24, 2.45) is 0 Å². The Morgan fingerprint density at radius 1 is 1.10 bits per heavy atom. The van der Waals surface area contributed by atoms with Gasteiger partial charge in [0.05, 0.1) is 0 Å². The molecular formula is C24H29BrN2O4. The third-order valence-corrected chi connectivity index (χ3v) is 5.47. The predicted octanol–water partition coefficient (Wildman–Crippen LogP) is 4.44. The average Bonchev–Trinajstić information content (AvgIpc) is 3.16. The normalized spacial score (nSPS) is 13.6. The van der Waals surface area contributed by atoms with Gasteiger partial charge in [0, 0.05) is 23.0 Å². The van der Waals surface area contributed by atoms with Crippen molar-refractivity contribution in [3.63, 3.8) is 0 Å². The number of nitrogens with one attached hydrogen (secondary N) is 1. The van der Waals surface area contributed by atoms with Gasteiger partial charge in [0.1, 0.15) is 6.04 Å². The second-order valence-electron chi connectivity index (χ2n) is 8.75. The fourth-order valence-corrected chi connectivity index (χ4v) is 3.83. The molecule has 6 nitrogen and oxygen atoms in total. The first-order valence-electron chi connectivity index (χ1n) is 10.4. The number of carbonyl (C=O) groups is 2. The monoisotopic (exact) mass is 488 g/mol. The van der Waals surface area contributed by atoms with E-state index in [2.05, 4.69) is 21.2 Å². The summed E-state index contributed by atoms with van der Waals surface area (Å²) in [5.41, 5.74) is 1.58. The maximum absolute atomic E-state index is 13.2. The fourth-order valence-electron chi connectivity index (χ4n) is 3.38. The van der Waals surface area contributed by atoms with Gasteiger partial charge in [-0.2, -0.15) is 0 Å². The van der Waals surface area contributed by atoms with Crippen LogP contribution in [0.25, 0.3) is 0 Å². The lowest BCUT2D eigenvalue weighted by molar-refractivity contribution is -0.141. The smallest absolute Gasteiger partial charge is 0.242 e. The lowest BCUT2D eigenvalue weighted by atomic mass is 10.1. The Morgan fingerprint density at radius 2 is 1.84 bits per heavy atom. The SMILES string of the molecule is C[C@H](C(=O)NC(C)(C)C)N(Cc1cccc(Br)c1)C(=O)CCc1ccc2c(c1)OCO2. The lowest BCUT2D eigenvalue weighted by Crippen LogP contribution is -2.52. The minimum Gasteiger partial charge on any atom is -0.454 e. The molecule has 0 bridgehead atoms. The summed E-state index contributed by atoms with van der Waals surface area (Å²) in [6, 6.07) is 12.9. The molecule has 1 atom stereocenters. The number of nitrogens with zero attached hydrogens (tertiary/aromatic N) is 1. The van der Waals surface area contributed by atoms with E-state index in [1.165, 1.54) is 0 Å². The van der Waals surface area contributed by atoms with Crippen LogP contribution in [0.4, 0.5) is 0 Å². The molecule has 0 saturated carbocycles. The third kappa shape index (κ3) is 6.47. The van der Waals surface area contributed by atoms with E-state index in [1.807, 2.05) is 63.2 Å². The summed E-state index contributed by atoms with van der Waals surface area (Å²) in [4.78, 5) is 27.7. The highest BCUT2D eigenvalue weighted by atomic mass is 79.9. The van der Waals surface area contributed by atoms with Gasteiger partial charge in [0.25, 0.3) is 0 Å². The highest BCUT2D eigenvalue weighted by molar-refractivity contribution is 9.10. The molecule has 7 heteroatoms. The maximum atomic E-state index is 13.2. The zero-order valence-electron chi connectivity index (χ0n) is 18.4.